The molecule has 1 heterocycles. The van der Waals surface area contributed by atoms with Gasteiger partial charge in [-0.1, -0.05) is 39.7 Å². The SMILES string of the molecule is CNC(c1ccc2[nH]c(=O)[nH]c2c1)c1cc(C)ccc1Br. The van der Waals surface area contributed by atoms with E-state index < -0.39 is 0 Å². The minimum atomic E-state index is -0.181. The summed E-state index contributed by atoms with van der Waals surface area (Å²) in [4.78, 5) is 16.9. The molecule has 0 fully saturated rings. The van der Waals surface area contributed by atoms with Gasteiger partial charge in [0.15, 0.2) is 0 Å². The van der Waals surface area contributed by atoms with Gasteiger partial charge in [0.2, 0.25) is 0 Å². The third-order valence-electron chi connectivity index (χ3n) is 3.62. The molecule has 2 aromatic carbocycles. The van der Waals surface area contributed by atoms with Crippen molar-refractivity contribution in [2.75, 3.05) is 7.05 Å². The van der Waals surface area contributed by atoms with Gasteiger partial charge in [-0.05, 0) is 43.3 Å². The number of aryl methyl sites for hydroxylation is 1. The number of fused-ring (bicyclic) bond motifs is 1. The molecule has 108 valence electrons. The molecular weight excluding hydrogens is 330 g/mol. The summed E-state index contributed by atoms with van der Waals surface area (Å²) >= 11 is 3.62. The van der Waals surface area contributed by atoms with Crippen LogP contribution in [0.25, 0.3) is 11.0 Å². The molecule has 0 aliphatic heterocycles. The van der Waals surface area contributed by atoms with E-state index in [0.717, 1.165) is 21.1 Å². The fraction of sp³-hybridized carbons (Fsp3) is 0.188. The number of hydrogen-bond acceptors (Lipinski definition) is 2. The van der Waals surface area contributed by atoms with Gasteiger partial charge in [0.1, 0.15) is 0 Å². The van der Waals surface area contributed by atoms with E-state index in [4.69, 9.17) is 0 Å². The maximum atomic E-state index is 11.4. The number of imidazole rings is 1. The molecule has 0 aliphatic rings. The van der Waals surface area contributed by atoms with E-state index in [1.807, 2.05) is 25.2 Å². The number of aromatic amines is 2. The standard InChI is InChI=1S/C16H16BrN3O/c1-9-3-5-12(17)11(7-9)15(18-2)10-4-6-13-14(8-10)20-16(21)19-13/h3-8,15,18H,1-2H3,(H2,19,20,21). The zero-order chi connectivity index (χ0) is 15.0. The van der Waals surface area contributed by atoms with Crippen LogP contribution in [-0.2, 0) is 0 Å². The van der Waals surface area contributed by atoms with Crippen molar-refractivity contribution in [2.24, 2.45) is 0 Å². The quantitative estimate of drug-likeness (QED) is 0.682. The van der Waals surface area contributed by atoms with Crippen LogP contribution in [0.4, 0.5) is 0 Å². The molecule has 0 radical (unpaired) electrons. The van der Waals surface area contributed by atoms with E-state index >= 15 is 0 Å². The molecule has 3 N–H and O–H groups in total. The minimum absolute atomic E-state index is 0.0575. The second-order valence-corrected chi connectivity index (χ2v) is 5.99. The van der Waals surface area contributed by atoms with Gasteiger partial charge >= 0.3 is 5.69 Å². The summed E-state index contributed by atoms with van der Waals surface area (Å²) in [6.07, 6.45) is 0. The van der Waals surface area contributed by atoms with Crippen LogP contribution in [0, 0.1) is 6.92 Å². The van der Waals surface area contributed by atoms with Crippen molar-refractivity contribution in [3.63, 3.8) is 0 Å². The van der Waals surface area contributed by atoms with Gasteiger partial charge < -0.3 is 15.3 Å². The largest absolute Gasteiger partial charge is 0.323 e. The highest BCUT2D eigenvalue weighted by atomic mass is 79.9. The Labute approximate surface area is 130 Å². The third-order valence-corrected chi connectivity index (χ3v) is 4.35. The highest BCUT2D eigenvalue weighted by molar-refractivity contribution is 9.10. The molecule has 0 aliphatic carbocycles. The van der Waals surface area contributed by atoms with Crippen LogP contribution in [0.1, 0.15) is 22.7 Å². The van der Waals surface area contributed by atoms with Gasteiger partial charge in [0, 0.05) is 4.47 Å². The van der Waals surface area contributed by atoms with Gasteiger partial charge in [-0.15, -0.1) is 0 Å². The van der Waals surface area contributed by atoms with Crippen LogP contribution in [0.3, 0.4) is 0 Å². The van der Waals surface area contributed by atoms with E-state index in [9.17, 15) is 4.79 Å². The second-order valence-electron chi connectivity index (χ2n) is 5.13. The van der Waals surface area contributed by atoms with Crippen molar-refractivity contribution in [3.05, 3.63) is 68.0 Å². The normalized spacial score (nSPS) is 12.7. The average molecular weight is 346 g/mol. The molecule has 0 bridgehead atoms. The highest BCUT2D eigenvalue weighted by Gasteiger charge is 2.16. The summed E-state index contributed by atoms with van der Waals surface area (Å²) in [5, 5.41) is 3.34. The Balaban J connectivity index is 2.12. The predicted octanol–water partition coefficient (Wildman–Crippen LogP) is 3.24. The predicted molar refractivity (Wildman–Crippen MR) is 88.7 cm³/mol. The van der Waals surface area contributed by atoms with Gasteiger partial charge in [0.05, 0.1) is 17.1 Å². The van der Waals surface area contributed by atoms with Gasteiger partial charge in [-0.3, -0.25) is 0 Å². The van der Waals surface area contributed by atoms with Crippen molar-refractivity contribution in [3.8, 4) is 0 Å². The average Bonchev–Trinajstić information content (AvgIpc) is 2.83. The van der Waals surface area contributed by atoms with Crippen LogP contribution < -0.4 is 11.0 Å². The lowest BCUT2D eigenvalue weighted by Gasteiger charge is -2.19. The molecule has 4 nitrogen and oxygen atoms in total. The third kappa shape index (κ3) is 2.66. The first-order chi connectivity index (χ1) is 10.1. The molecule has 3 aromatic rings. The lowest BCUT2D eigenvalue weighted by atomic mass is 9.97. The fourth-order valence-electron chi connectivity index (χ4n) is 2.62. The molecule has 0 saturated heterocycles. The molecule has 3 rings (SSSR count). The van der Waals surface area contributed by atoms with E-state index in [1.54, 1.807) is 0 Å². The molecule has 0 amide bonds. The zero-order valence-corrected chi connectivity index (χ0v) is 13.4. The summed E-state index contributed by atoms with van der Waals surface area (Å²) in [7, 11) is 1.93. The molecular formula is C16H16BrN3O. The first kappa shape index (κ1) is 14.1. The lowest BCUT2D eigenvalue weighted by Crippen LogP contribution is -2.18. The van der Waals surface area contributed by atoms with Gasteiger partial charge in [-0.25, -0.2) is 4.79 Å². The molecule has 1 atom stereocenters. The Bertz CT molecular complexity index is 850. The van der Waals surface area contributed by atoms with Crippen LogP contribution in [0.15, 0.2) is 45.7 Å². The van der Waals surface area contributed by atoms with Gasteiger partial charge in [0.25, 0.3) is 0 Å². The Morgan fingerprint density at radius 3 is 2.62 bits per heavy atom. The lowest BCUT2D eigenvalue weighted by molar-refractivity contribution is 0.689. The number of nitrogens with one attached hydrogen (secondary N) is 3. The number of H-pyrrole nitrogens is 2. The zero-order valence-electron chi connectivity index (χ0n) is 11.8. The number of hydrogen-bond donors (Lipinski definition) is 3. The molecule has 0 spiro atoms. The molecule has 21 heavy (non-hydrogen) atoms. The molecule has 0 saturated carbocycles. The van der Waals surface area contributed by atoms with E-state index in [-0.39, 0.29) is 11.7 Å². The van der Waals surface area contributed by atoms with Crippen molar-refractivity contribution >= 4 is 27.0 Å². The Morgan fingerprint density at radius 2 is 1.86 bits per heavy atom. The molecule has 1 unspecified atom stereocenters. The maximum Gasteiger partial charge on any atom is 0.323 e. The van der Waals surface area contributed by atoms with E-state index in [0.29, 0.717) is 0 Å². The topological polar surface area (TPSA) is 60.7 Å². The Kier molecular flexibility index (Phi) is 3.69. The van der Waals surface area contributed by atoms with E-state index in [2.05, 4.69) is 56.3 Å². The van der Waals surface area contributed by atoms with Crippen molar-refractivity contribution in [2.45, 2.75) is 13.0 Å². The summed E-state index contributed by atoms with van der Waals surface area (Å²) in [5.41, 5.74) is 4.95. The minimum Gasteiger partial charge on any atom is -0.309 e. The summed E-state index contributed by atoms with van der Waals surface area (Å²) < 4.78 is 1.06. The smallest absolute Gasteiger partial charge is 0.309 e. The highest BCUT2D eigenvalue weighted by Crippen LogP contribution is 2.30. The number of rotatable bonds is 3. The Hall–Kier alpha value is -1.85. The van der Waals surface area contributed by atoms with E-state index in [1.165, 1.54) is 11.1 Å². The Morgan fingerprint density at radius 1 is 1.10 bits per heavy atom. The van der Waals surface area contributed by atoms with Crippen molar-refractivity contribution in [1.82, 2.24) is 15.3 Å². The number of aromatic nitrogens is 2. The van der Waals surface area contributed by atoms with Crippen molar-refractivity contribution < 1.29 is 0 Å². The molecule has 5 heteroatoms. The number of halogens is 1. The fourth-order valence-corrected chi connectivity index (χ4v) is 3.09. The van der Waals surface area contributed by atoms with Crippen LogP contribution in [0.5, 0.6) is 0 Å². The summed E-state index contributed by atoms with van der Waals surface area (Å²) in [6.45, 7) is 2.08. The molecule has 1 aromatic heterocycles. The first-order valence-corrected chi connectivity index (χ1v) is 7.53. The van der Waals surface area contributed by atoms with Crippen LogP contribution in [-0.4, -0.2) is 17.0 Å². The van der Waals surface area contributed by atoms with Crippen LogP contribution in [0.2, 0.25) is 0 Å². The van der Waals surface area contributed by atoms with Crippen molar-refractivity contribution in [1.29, 1.82) is 0 Å². The van der Waals surface area contributed by atoms with Gasteiger partial charge in [-0.2, -0.15) is 0 Å². The summed E-state index contributed by atoms with van der Waals surface area (Å²) in [5.74, 6) is 0. The first-order valence-electron chi connectivity index (χ1n) is 6.74. The monoisotopic (exact) mass is 345 g/mol. The summed E-state index contributed by atoms with van der Waals surface area (Å²) in [6, 6.07) is 12.3. The van der Waals surface area contributed by atoms with Crippen LogP contribution >= 0.6 is 15.9 Å². The maximum absolute atomic E-state index is 11.4. The second kappa shape index (κ2) is 5.50. The number of benzene rings is 2.